The molecule has 3 aliphatic carbocycles. The first-order chi connectivity index (χ1) is 58.0. The Hall–Kier alpha value is -11.6. The number of piperazine rings is 1. The number of carbonyl (C=O) groups excluding carboxylic acids is 3. The summed E-state index contributed by atoms with van der Waals surface area (Å²) in [6, 6.07) is 5.04. The standard InChI is InChI=1S/C29H39N9O3.C29H36N8O3.C27H32F2N8O2/c1-6-24(37-13-11-36(3)12-14-37)27(39)34-26-22-8-7-21(20(22)9-10-30-26)25-19(2)17-31-29(33-25)32-23-18-38(15-16-40-4)35-28(23)41-5;1-5-23(37-12-9-29(10-13-37)16-40-17-29)26(38)34-25-21-7-6-20(19(21)8-11-30-25)24-18(2)14-31-28(33-24)32-22-15-36(3)35-27(22)39-4;1-5-21(37-12-9-27(28,29)10-13-37)24(38)34-23-19-7-6-18(17(19)8-11-30-23)22-16(2)14-31-26(33-22)32-20-15-36(3)35-25(20)39-4/h7,9-10,17-18,24H,6,8,11-16H2,1-5H3,(H,30,34,39)(H,31,32,33);6,8,11,14-15,23H,5,7,9-10,12-13,16-17H2,1-4H3,(H,30,34,38)(H,31,32,33);6,8,11,14-15,21H,5,7,9-10,12-13H2,1-4H3,(H,30,34,38)(H,31,32,33). The fourth-order valence-electron chi connectivity index (χ4n) is 16.5. The van der Waals surface area contributed by atoms with Crippen molar-refractivity contribution in [3.63, 3.8) is 0 Å². The first-order valence-corrected chi connectivity index (χ1v) is 40.9. The maximum absolute atomic E-state index is 13.7. The molecule has 35 heteroatoms. The van der Waals surface area contributed by atoms with Crippen LogP contribution in [0.4, 0.5) is 61.1 Å². The number of anilines is 9. The van der Waals surface area contributed by atoms with Gasteiger partial charge in [-0.3, -0.25) is 43.1 Å². The molecule has 7 aliphatic rings. The van der Waals surface area contributed by atoms with Gasteiger partial charge >= 0.3 is 0 Å². The van der Waals surface area contributed by atoms with E-state index in [-0.39, 0.29) is 55.7 Å². The molecule has 120 heavy (non-hydrogen) atoms. The number of likely N-dealkylation sites (N-methyl/N-ethyl adjacent to an activating group) is 1. The number of hydrogen-bond donors (Lipinski definition) is 6. The number of nitrogens with one attached hydrogen (secondary N) is 6. The smallest absolute Gasteiger partial charge is 0.256 e. The van der Waals surface area contributed by atoms with Crippen molar-refractivity contribution < 1.29 is 46.8 Å². The number of ether oxygens (including phenoxy) is 5. The Morgan fingerprint density at radius 1 is 0.483 bits per heavy atom. The van der Waals surface area contributed by atoms with Crippen LogP contribution in [-0.2, 0) is 63.8 Å². The van der Waals surface area contributed by atoms with Crippen molar-refractivity contribution in [2.45, 2.75) is 136 Å². The van der Waals surface area contributed by atoms with Gasteiger partial charge in [0.15, 0.2) is 0 Å². The van der Waals surface area contributed by atoms with E-state index in [1.807, 2.05) is 70.2 Å². The Labute approximate surface area is 696 Å². The minimum atomic E-state index is -2.66. The molecule has 0 aromatic carbocycles. The minimum absolute atomic E-state index is 0.00361. The number of aryl methyl sites for hydroxylation is 5. The predicted octanol–water partition coefficient (Wildman–Crippen LogP) is 10.3. The summed E-state index contributed by atoms with van der Waals surface area (Å²) in [5.41, 5.74) is 16.3. The second kappa shape index (κ2) is 37.3. The van der Waals surface area contributed by atoms with Gasteiger partial charge in [0.25, 0.3) is 23.6 Å². The van der Waals surface area contributed by atoms with Gasteiger partial charge < -0.3 is 60.5 Å². The predicted molar refractivity (Wildman–Crippen MR) is 452 cm³/mol. The van der Waals surface area contributed by atoms with Crippen molar-refractivity contribution in [1.29, 1.82) is 0 Å². The number of methoxy groups -OCH3 is 4. The third-order valence-corrected chi connectivity index (χ3v) is 23.3. The minimum Gasteiger partial charge on any atom is -0.478 e. The quantitative estimate of drug-likeness (QED) is 0.0279. The van der Waals surface area contributed by atoms with Gasteiger partial charge in [0.2, 0.25) is 35.6 Å². The van der Waals surface area contributed by atoms with Crippen molar-refractivity contribution in [2.24, 2.45) is 19.5 Å². The molecule has 9 aromatic heterocycles. The molecule has 4 aliphatic heterocycles. The fraction of sp³-hybridized carbons (Fsp3) is 0.471. The van der Waals surface area contributed by atoms with Crippen LogP contribution >= 0.6 is 0 Å². The van der Waals surface area contributed by atoms with Crippen LogP contribution < -0.4 is 46.1 Å². The van der Waals surface area contributed by atoms with E-state index in [0.717, 1.165) is 162 Å². The van der Waals surface area contributed by atoms with Crippen LogP contribution in [0.5, 0.6) is 17.6 Å². The fourth-order valence-corrected chi connectivity index (χ4v) is 16.5. The lowest BCUT2D eigenvalue weighted by Crippen LogP contribution is -2.55. The summed E-state index contributed by atoms with van der Waals surface area (Å²) in [6.07, 6.45) is 28.0. The van der Waals surface area contributed by atoms with Gasteiger partial charge in [0.05, 0.1) is 101 Å². The van der Waals surface area contributed by atoms with Gasteiger partial charge in [-0.15, -0.1) is 15.3 Å². The van der Waals surface area contributed by atoms with Gasteiger partial charge in [-0.1, -0.05) is 39.0 Å². The first-order valence-electron chi connectivity index (χ1n) is 40.9. The number of amides is 3. The number of halogens is 2. The van der Waals surface area contributed by atoms with E-state index in [4.69, 9.17) is 38.6 Å². The van der Waals surface area contributed by atoms with E-state index < -0.39 is 12.0 Å². The summed E-state index contributed by atoms with van der Waals surface area (Å²) >= 11 is 0. The van der Waals surface area contributed by atoms with Crippen molar-refractivity contribution in [2.75, 3.05) is 140 Å². The molecule has 3 amide bonds. The average molecular weight is 1640 g/mol. The number of carbonyl (C=O) groups is 3. The second-order valence-electron chi connectivity index (χ2n) is 31.3. The Bertz CT molecular complexity index is 5300. The Morgan fingerprint density at radius 3 is 1.19 bits per heavy atom. The number of fused-ring (bicyclic) bond motifs is 3. The van der Waals surface area contributed by atoms with Gasteiger partial charge in [0, 0.05) is 149 Å². The molecule has 13 heterocycles. The summed E-state index contributed by atoms with van der Waals surface area (Å²) in [5, 5.41) is 31.9. The van der Waals surface area contributed by atoms with Gasteiger partial charge in [-0.2, -0.15) is 0 Å². The number of nitrogens with zero attached hydrogens (tertiary/aromatic N) is 19. The van der Waals surface area contributed by atoms with Crippen LogP contribution in [0.25, 0.3) is 16.7 Å². The zero-order chi connectivity index (χ0) is 84.5. The van der Waals surface area contributed by atoms with Crippen molar-refractivity contribution in [3.8, 4) is 17.6 Å². The Kier molecular flexibility index (Phi) is 26.4. The SMILES string of the molecule is CCC(C(=O)Nc1nccc2c1CC=C2c1nc(Nc2cn(C)nc2OC)ncc1C)N1CCC(F)(F)CC1.CCC(C(=O)Nc1nccc2c1CC=C2c1nc(Nc2cn(C)nc2OC)ncc1C)N1CCC2(CC1)COC2.CCC(C(=O)Nc1nccc2c1CC=C2c1nc(Nc2cn(CCOC)nc2OC)ncc1C)N1CCN(C)CC1. The van der Waals surface area contributed by atoms with Crippen molar-refractivity contribution in [3.05, 3.63) is 159 Å². The Balaban J connectivity index is 0.000000147. The van der Waals surface area contributed by atoms with Crippen molar-refractivity contribution >= 4 is 86.8 Å². The molecule has 1 spiro atoms. The number of aromatic nitrogens is 15. The van der Waals surface area contributed by atoms with Crippen molar-refractivity contribution in [1.82, 2.24) is 93.8 Å². The molecule has 0 saturated carbocycles. The molecule has 6 N–H and O–H groups in total. The molecule has 634 valence electrons. The molecule has 0 radical (unpaired) electrons. The van der Waals surface area contributed by atoms with Crippen LogP contribution in [-0.4, -0.2) is 243 Å². The molecule has 4 saturated heterocycles. The molecular formula is C85H107F2N25O8. The molecule has 3 atom stereocenters. The molecular weight excluding hydrogens is 1540 g/mol. The summed E-state index contributed by atoms with van der Waals surface area (Å²) < 4.78 is 59.1. The summed E-state index contributed by atoms with van der Waals surface area (Å²) in [6.45, 7) is 20.8. The number of rotatable bonds is 27. The summed E-state index contributed by atoms with van der Waals surface area (Å²) in [7, 11) is 12.1. The molecule has 16 rings (SSSR count). The van der Waals surface area contributed by atoms with Gasteiger partial charge in [-0.05, 0) is 144 Å². The normalized spacial score (nSPS) is 17.4. The van der Waals surface area contributed by atoms with E-state index in [9.17, 15) is 23.2 Å². The number of hydrogen-bond acceptors (Lipinski definition) is 27. The van der Waals surface area contributed by atoms with Gasteiger partial charge in [-0.25, -0.2) is 53.6 Å². The van der Waals surface area contributed by atoms with Crippen LogP contribution in [0, 0.1) is 26.2 Å². The lowest BCUT2D eigenvalue weighted by Gasteiger charge is -2.48. The molecule has 4 fully saturated rings. The zero-order valence-electron chi connectivity index (χ0n) is 70.5. The number of allylic oxidation sites excluding steroid dienone is 3. The number of piperidine rings is 2. The lowest BCUT2D eigenvalue weighted by atomic mass is 9.76. The van der Waals surface area contributed by atoms with E-state index >= 15 is 0 Å². The topological polar surface area (TPSA) is 352 Å². The highest BCUT2D eigenvalue weighted by Gasteiger charge is 2.44. The third kappa shape index (κ3) is 18.8. The molecule has 0 bridgehead atoms. The summed E-state index contributed by atoms with van der Waals surface area (Å²) in [5.74, 6) is 1.47. The Morgan fingerprint density at radius 2 is 0.842 bits per heavy atom. The third-order valence-electron chi connectivity index (χ3n) is 23.3. The molecule has 33 nitrogen and oxygen atoms in total. The monoisotopic (exact) mass is 1640 g/mol. The highest BCUT2D eigenvalue weighted by Crippen LogP contribution is 2.43. The number of likely N-dealkylation sites (tertiary alicyclic amines) is 2. The highest BCUT2D eigenvalue weighted by atomic mass is 19.3. The van der Waals surface area contributed by atoms with Crippen LogP contribution in [0.15, 0.2) is 92.2 Å². The lowest BCUT2D eigenvalue weighted by molar-refractivity contribution is -0.146. The number of alkyl halides is 2. The maximum Gasteiger partial charge on any atom is 0.256 e. The zero-order valence-corrected chi connectivity index (χ0v) is 70.5. The van der Waals surface area contributed by atoms with E-state index in [1.54, 1.807) is 92.9 Å². The highest BCUT2D eigenvalue weighted by molar-refractivity contribution is 5.99. The molecule has 3 unspecified atom stereocenters. The largest absolute Gasteiger partial charge is 0.478 e. The summed E-state index contributed by atoms with van der Waals surface area (Å²) in [4.78, 5) is 90.3. The van der Waals surface area contributed by atoms with E-state index in [1.165, 1.54) is 0 Å². The second-order valence-corrected chi connectivity index (χ2v) is 31.3. The van der Waals surface area contributed by atoms with E-state index in [2.05, 4.69) is 131 Å². The average Bonchev–Trinajstić information content (AvgIpc) is 1.63. The number of pyridine rings is 3. The van der Waals surface area contributed by atoms with Crippen LogP contribution in [0.1, 0.15) is 133 Å². The maximum atomic E-state index is 13.7. The molecule has 9 aromatic rings. The van der Waals surface area contributed by atoms with Gasteiger partial charge in [0.1, 0.15) is 34.5 Å². The van der Waals surface area contributed by atoms with E-state index in [0.29, 0.717) is 114 Å². The van der Waals surface area contributed by atoms with Crippen LogP contribution in [0.3, 0.4) is 0 Å². The first kappa shape index (κ1) is 84.8. The van der Waals surface area contributed by atoms with Crippen LogP contribution in [0.2, 0.25) is 0 Å².